The van der Waals surface area contributed by atoms with Crippen LogP contribution in [0.3, 0.4) is 0 Å². The molecule has 1 aliphatic heterocycles. The molecule has 1 unspecified atom stereocenters. The number of aromatic nitrogens is 1. The first-order valence-electron chi connectivity index (χ1n) is 7.11. The van der Waals surface area contributed by atoms with Gasteiger partial charge in [0.25, 0.3) is 5.91 Å². The second-order valence-electron chi connectivity index (χ2n) is 5.03. The van der Waals surface area contributed by atoms with Gasteiger partial charge in [-0.2, -0.15) is 0 Å². The Morgan fingerprint density at radius 1 is 1.35 bits per heavy atom. The number of rotatable bonds is 3. The maximum atomic E-state index is 12.9. The predicted molar refractivity (Wildman–Crippen MR) is 84.6 cm³/mol. The molecule has 0 bridgehead atoms. The summed E-state index contributed by atoms with van der Waals surface area (Å²) >= 11 is 1.59. The maximum absolute atomic E-state index is 12.9. The van der Waals surface area contributed by atoms with Crippen molar-refractivity contribution in [3.05, 3.63) is 45.8 Å². The summed E-state index contributed by atoms with van der Waals surface area (Å²) in [5.74, 6) is -0.486. The van der Waals surface area contributed by atoms with Crippen molar-refractivity contribution in [1.29, 1.82) is 0 Å². The Labute approximate surface area is 137 Å². The van der Waals surface area contributed by atoms with Crippen LogP contribution in [0, 0.1) is 0 Å². The first kappa shape index (κ1) is 15.5. The van der Waals surface area contributed by atoms with Crippen LogP contribution in [-0.4, -0.2) is 42.5 Å². The molecule has 0 saturated heterocycles. The van der Waals surface area contributed by atoms with Gasteiger partial charge in [-0.25, -0.2) is 9.78 Å². The van der Waals surface area contributed by atoms with Gasteiger partial charge in [0.1, 0.15) is 5.56 Å². The molecule has 120 valence electrons. The van der Waals surface area contributed by atoms with Crippen LogP contribution in [0.5, 0.6) is 5.88 Å². The van der Waals surface area contributed by atoms with E-state index in [4.69, 9.17) is 9.47 Å². The third-order valence-electron chi connectivity index (χ3n) is 3.85. The van der Waals surface area contributed by atoms with Crippen LogP contribution in [0.1, 0.15) is 26.8 Å². The number of esters is 1. The van der Waals surface area contributed by atoms with E-state index in [0.29, 0.717) is 12.1 Å². The SMILES string of the molecule is COC(=O)C1c2ccsc2CCN1C(=O)c1cccnc1OC. The second kappa shape index (κ2) is 6.37. The van der Waals surface area contributed by atoms with Gasteiger partial charge >= 0.3 is 5.97 Å². The van der Waals surface area contributed by atoms with Crippen LogP contribution >= 0.6 is 11.3 Å². The van der Waals surface area contributed by atoms with E-state index in [1.807, 2.05) is 11.4 Å². The second-order valence-corrected chi connectivity index (χ2v) is 6.03. The van der Waals surface area contributed by atoms with Crippen molar-refractivity contribution in [2.75, 3.05) is 20.8 Å². The number of ether oxygens (including phenoxy) is 2. The summed E-state index contributed by atoms with van der Waals surface area (Å²) in [6.45, 7) is 0.449. The number of carbonyl (C=O) groups is 2. The molecule has 6 nitrogen and oxygen atoms in total. The molecule has 2 aromatic rings. The molecule has 0 spiro atoms. The monoisotopic (exact) mass is 332 g/mol. The third kappa shape index (κ3) is 2.68. The summed E-state index contributed by atoms with van der Waals surface area (Å²) in [4.78, 5) is 31.9. The molecule has 0 aromatic carbocycles. The standard InChI is InChI=1S/C16H16N2O4S/c1-21-14-11(4-3-7-17-14)15(19)18-8-5-12-10(6-9-23-12)13(18)16(20)22-2/h3-4,6-7,9,13H,5,8H2,1-2H3. The zero-order valence-corrected chi connectivity index (χ0v) is 13.6. The number of carbonyl (C=O) groups excluding carboxylic acids is 2. The first-order chi connectivity index (χ1) is 11.2. The van der Waals surface area contributed by atoms with Crippen LogP contribution in [0.2, 0.25) is 0 Å². The fourth-order valence-corrected chi connectivity index (χ4v) is 3.68. The molecular weight excluding hydrogens is 316 g/mol. The molecule has 0 aliphatic carbocycles. The van der Waals surface area contributed by atoms with Gasteiger partial charge in [-0.05, 0) is 35.6 Å². The van der Waals surface area contributed by atoms with Gasteiger partial charge in [-0.15, -0.1) is 11.3 Å². The largest absolute Gasteiger partial charge is 0.480 e. The average molecular weight is 332 g/mol. The van der Waals surface area contributed by atoms with E-state index in [2.05, 4.69) is 4.98 Å². The van der Waals surface area contributed by atoms with Crippen molar-refractivity contribution >= 4 is 23.2 Å². The van der Waals surface area contributed by atoms with Gasteiger partial charge in [-0.1, -0.05) is 0 Å². The Morgan fingerprint density at radius 3 is 2.91 bits per heavy atom. The number of nitrogens with zero attached hydrogens (tertiary/aromatic N) is 2. The Kier molecular flexibility index (Phi) is 4.29. The molecule has 3 heterocycles. The highest BCUT2D eigenvalue weighted by Crippen LogP contribution is 2.35. The van der Waals surface area contributed by atoms with Crippen LogP contribution < -0.4 is 4.74 Å². The zero-order chi connectivity index (χ0) is 16.4. The highest BCUT2D eigenvalue weighted by Gasteiger charge is 2.38. The quantitative estimate of drug-likeness (QED) is 0.805. The summed E-state index contributed by atoms with van der Waals surface area (Å²) in [7, 11) is 2.79. The van der Waals surface area contributed by atoms with Gasteiger partial charge < -0.3 is 14.4 Å². The van der Waals surface area contributed by atoms with E-state index in [1.165, 1.54) is 19.1 Å². The molecular formula is C16H16N2O4S. The molecule has 0 saturated carbocycles. The Morgan fingerprint density at radius 2 is 2.17 bits per heavy atom. The van der Waals surface area contributed by atoms with Gasteiger partial charge in [0.05, 0.1) is 14.2 Å². The Balaban J connectivity index is 2.01. The molecule has 7 heteroatoms. The maximum Gasteiger partial charge on any atom is 0.333 e. The van der Waals surface area contributed by atoms with Crippen molar-refractivity contribution in [2.24, 2.45) is 0 Å². The lowest BCUT2D eigenvalue weighted by Crippen LogP contribution is -2.43. The van der Waals surface area contributed by atoms with E-state index >= 15 is 0 Å². The minimum atomic E-state index is -0.729. The highest BCUT2D eigenvalue weighted by atomic mass is 32.1. The molecule has 3 rings (SSSR count). The van der Waals surface area contributed by atoms with E-state index in [1.54, 1.807) is 29.7 Å². The lowest BCUT2D eigenvalue weighted by molar-refractivity contribution is -0.146. The molecule has 0 fully saturated rings. The van der Waals surface area contributed by atoms with E-state index in [0.717, 1.165) is 16.9 Å². The number of hydrogen-bond donors (Lipinski definition) is 0. The summed E-state index contributed by atoms with van der Waals surface area (Å²) in [5, 5.41) is 1.93. The Bertz CT molecular complexity index is 743. The minimum Gasteiger partial charge on any atom is -0.480 e. The molecule has 1 atom stereocenters. The van der Waals surface area contributed by atoms with Gasteiger partial charge in [0, 0.05) is 17.6 Å². The number of hydrogen-bond acceptors (Lipinski definition) is 6. The van der Waals surface area contributed by atoms with Crippen LogP contribution in [0.15, 0.2) is 29.8 Å². The van der Waals surface area contributed by atoms with Crippen LogP contribution in [0.4, 0.5) is 0 Å². The van der Waals surface area contributed by atoms with Crippen molar-refractivity contribution in [3.63, 3.8) is 0 Å². The molecule has 23 heavy (non-hydrogen) atoms. The van der Waals surface area contributed by atoms with Gasteiger partial charge in [-0.3, -0.25) is 4.79 Å². The van der Waals surface area contributed by atoms with Crippen molar-refractivity contribution < 1.29 is 19.1 Å². The Hall–Kier alpha value is -2.41. The zero-order valence-electron chi connectivity index (χ0n) is 12.8. The van der Waals surface area contributed by atoms with Crippen molar-refractivity contribution in [1.82, 2.24) is 9.88 Å². The fourth-order valence-electron chi connectivity index (χ4n) is 2.77. The normalized spacial score (nSPS) is 16.6. The minimum absolute atomic E-state index is 0.247. The lowest BCUT2D eigenvalue weighted by atomic mass is 9.99. The topological polar surface area (TPSA) is 68.7 Å². The number of methoxy groups -OCH3 is 2. The first-order valence-corrected chi connectivity index (χ1v) is 7.99. The molecule has 0 radical (unpaired) electrons. The highest BCUT2D eigenvalue weighted by molar-refractivity contribution is 7.10. The molecule has 1 aliphatic rings. The average Bonchev–Trinajstić information content (AvgIpc) is 3.08. The number of thiophene rings is 1. The third-order valence-corrected chi connectivity index (χ3v) is 4.84. The van der Waals surface area contributed by atoms with Crippen LogP contribution in [0.25, 0.3) is 0 Å². The van der Waals surface area contributed by atoms with E-state index < -0.39 is 12.0 Å². The van der Waals surface area contributed by atoms with Gasteiger partial charge in [0.2, 0.25) is 5.88 Å². The van der Waals surface area contributed by atoms with Crippen molar-refractivity contribution in [3.8, 4) is 5.88 Å². The number of fused-ring (bicyclic) bond motifs is 1. The van der Waals surface area contributed by atoms with Crippen LogP contribution in [-0.2, 0) is 16.0 Å². The smallest absolute Gasteiger partial charge is 0.333 e. The van der Waals surface area contributed by atoms with E-state index in [9.17, 15) is 9.59 Å². The molecule has 2 aromatic heterocycles. The summed E-state index contributed by atoms with van der Waals surface area (Å²) in [6.07, 6.45) is 2.27. The number of amides is 1. The van der Waals surface area contributed by atoms with E-state index in [-0.39, 0.29) is 11.8 Å². The lowest BCUT2D eigenvalue weighted by Gasteiger charge is -2.34. The molecule has 0 N–H and O–H groups in total. The van der Waals surface area contributed by atoms with Crippen molar-refractivity contribution in [2.45, 2.75) is 12.5 Å². The van der Waals surface area contributed by atoms with Gasteiger partial charge in [0.15, 0.2) is 6.04 Å². The molecule has 1 amide bonds. The predicted octanol–water partition coefficient (Wildman–Crippen LogP) is 2.06. The summed E-state index contributed by atoms with van der Waals surface area (Å²) in [5.41, 5.74) is 1.17. The summed E-state index contributed by atoms with van der Waals surface area (Å²) < 4.78 is 10.1. The summed E-state index contributed by atoms with van der Waals surface area (Å²) in [6, 6.07) is 4.46. The number of pyridine rings is 1. The fraction of sp³-hybridized carbons (Fsp3) is 0.312.